The van der Waals surface area contributed by atoms with Crippen LogP contribution < -0.4 is 0 Å². The van der Waals surface area contributed by atoms with Crippen molar-refractivity contribution in [3.8, 4) is 0 Å². The van der Waals surface area contributed by atoms with Crippen LogP contribution in [0.2, 0.25) is 0 Å². The van der Waals surface area contributed by atoms with Crippen molar-refractivity contribution < 1.29 is 0 Å². The van der Waals surface area contributed by atoms with E-state index in [0.717, 1.165) is 18.3 Å². The predicted octanol–water partition coefficient (Wildman–Crippen LogP) is 2.98. The molecule has 1 rings (SSSR count). The topological polar surface area (TPSA) is 12.9 Å². The van der Waals surface area contributed by atoms with Crippen molar-refractivity contribution in [3.05, 3.63) is 16.6 Å². The summed E-state index contributed by atoms with van der Waals surface area (Å²) in [4.78, 5) is 4.26. The Morgan fingerprint density at radius 2 is 2.18 bits per heavy atom. The molecular formula is C9H15NS. The van der Waals surface area contributed by atoms with Gasteiger partial charge in [0.25, 0.3) is 0 Å². The van der Waals surface area contributed by atoms with Gasteiger partial charge in [0, 0.05) is 18.0 Å². The predicted molar refractivity (Wildman–Crippen MR) is 49.8 cm³/mol. The van der Waals surface area contributed by atoms with Crippen LogP contribution in [0.1, 0.15) is 25.8 Å². The molecule has 0 N–H and O–H groups in total. The standard InChI is InChI=1S/C9H15NS/c1-7(2)8(3)6-9-10-4-5-11-9/h4-5,7-8H,6H2,1-3H3. The summed E-state index contributed by atoms with van der Waals surface area (Å²) in [6.07, 6.45) is 3.02. The molecule has 2 heteroatoms. The number of aromatic nitrogens is 1. The molecule has 1 nitrogen and oxygen atoms in total. The lowest BCUT2D eigenvalue weighted by Crippen LogP contribution is -2.06. The summed E-state index contributed by atoms with van der Waals surface area (Å²) in [5.41, 5.74) is 0. The highest BCUT2D eigenvalue weighted by Crippen LogP contribution is 2.17. The lowest BCUT2D eigenvalue weighted by atomic mass is 9.95. The van der Waals surface area contributed by atoms with Gasteiger partial charge in [-0.3, -0.25) is 0 Å². The van der Waals surface area contributed by atoms with Crippen molar-refractivity contribution in [1.29, 1.82) is 0 Å². The zero-order valence-electron chi connectivity index (χ0n) is 7.37. The van der Waals surface area contributed by atoms with Crippen molar-refractivity contribution in [2.75, 3.05) is 0 Å². The zero-order chi connectivity index (χ0) is 8.27. The van der Waals surface area contributed by atoms with Gasteiger partial charge in [-0.2, -0.15) is 0 Å². The minimum absolute atomic E-state index is 0.751. The average molecular weight is 169 g/mol. The van der Waals surface area contributed by atoms with Crippen molar-refractivity contribution >= 4 is 11.3 Å². The summed E-state index contributed by atoms with van der Waals surface area (Å²) < 4.78 is 0. The molecule has 0 aliphatic heterocycles. The van der Waals surface area contributed by atoms with Crippen LogP contribution in [0, 0.1) is 11.8 Å². The Morgan fingerprint density at radius 1 is 1.45 bits per heavy atom. The second-order valence-corrected chi connectivity index (χ2v) is 4.33. The Kier molecular flexibility index (Phi) is 3.06. The van der Waals surface area contributed by atoms with Gasteiger partial charge < -0.3 is 0 Å². The van der Waals surface area contributed by atoms with Crippen molar-refractivity contribution in [3.63, 3.8) is 0 Å². The van der Waals surface area contributed by atoms with Gasteiger partial charge in [-0.25, -0.2) is 4.98 Å². The van der Waals surface area contributed by atoms with Crippen LogP contribution in [0.4, 0.5) is 0 Å². The minimum atomic E-state index is 0.751. The van der Waals surface area contributed by atoms with E-state index in [2.05, 4.69) is 25.8 Å². The summed E-state index contributed by atoms with van der Waals surface area (Å²) in [5, 5.41) is 3.31. The van der Waals surface area contributed by atoms with E-state index < -0.39 is 0 Å². The van der Waals surface area contributed by atoms with Crippen molar-refractivity contribution in [1.82, 2.24) is 4.98 Å². The molecule has 1 aromatic heterocycles. The number of nitrogens with zero attached hydrogens (tertiary/aromatic N) is 1. The minimum Gasteiger partial charge on any atom is -0.250 e. The summed E-state index contributed by atoms with van der Waals surface area (Å²) >= 11 is 1.76. The van der Waals surface area contributed by atoms with Gasteiger partial charge in [0.05, 0.1) is 5.01 Å². The van der Waals surface area contributed by atoms with Crippen LogP contribution in [-0.2, 0) is 6.42 Å². The molecule has 0 fully saturated rings. The number of hydrogen-bond donors (Lipinski definition) is 0. The second kappa shape index (κ2) is 3.86. The Labute approximate surface area is 72.5 Å². The van der Waals surface area contributed by atoms with E-state index >= 15 is 0 Å². The van der Waals surface area contributed by atoms with Gasteiger partial charge in [-0.1, -0.05) is 20.8 Å². The molecule has 0 amide bonds. The van der Waals surface area contributed by atoms with Crippen LogP contribution in [-0.4, -0.2) is 4.98 Å². The van der Waals surface area contributed by atoms with Crippen LogP contribution in [0.25, 0.3) is 0 Å². The molecule has 11 heavy (non-hydrogen) atoms. The van der Waals surface area contributed by atoms with Crippen LogP contribution >= 0.6 is 11.3 Å². The fraction of sp³-hybridized carbons (Fsp3) is 0.667. The zero-order valence-corrected chi connectivity index (χ0v) is 8.19. The first-order valence-electron chi connectivity index (χ1n) is 4.08. The molecule has 0 spiro atoms. The largest absolute Gasteiger partial charge is 0.250 e. The summed E-state index contributed by atoms with van der Waals surface area (Å²) in [6, 6.07) is 0. The fourth-order valence-corrected chi connectivity index (χ4v) is 1.62. The molecule has 62 valence electrons. The molecule has 1 atom stereocenters. The van der Waals surface area contributed by atoms with E-state index in [-0.39, 0.29) is 0 Å². The third kappa shape index (κ3) is 2.62. The monoisotopic (exact) mass is 169 g/mol. The number of thiazole rings is 1. The van der Waals surface area contributed by atoms with Gasteiger partial charge in [-0.15, -0.1) is 11.3 Å². The first-order valence-corrected chi connectivity index (χ1v) is 4.96. The van der Waals surface area contributed by atoms with Crippen molar-refractivity contribution in [2.24, 2.45) is 11.8 Å². The van der Waals surface area contributed by atoms with Gasteiger partial charge >= 0.3 is 0 Å². The first kappa shape index (κ1) is 8.72. The molecule has 0 saturated carbocycles. The molecule has 0 aromatic carbocycles. The van der Waals surface area contributed by atoms with E-state index in [1.165, 1.54) is 5.01 Å². The van der Waals surface area contributed by atoms with E-state index in [4.69, 9.17) is 0 Å². The van der Waals surface area contributed by atoms with Crippen LogP contribution in [0.15, 0.2) is 11.6 Å². The van der Waals surface area contributed by atoms with E-state index in [1.807, 2.05) is 11.6 Å². The first-order chi connectivity index (χ1) is 5.20. The second-order valence-electron chi connectivity index (χ2n) is 3.35. The van der Waals surface area contributed by atoms with Gasteiger partial charge in [0.1, 0.15) is 0 Å². The maximum Gasteiger partial charge on any atom is 0.0927 e. The summed E-state index contributed by atoms with van der Waals surface area (Å²) in [7, 11) is 0. The van der Waals surface area contributed by atoms with Crippen LogP contribution in [0.5, 0.6) is 0 Å². The maximum absolute atomic E-state index is 4.26. The molecule has 0 bridgehead atoms. The maximum atomic E-state index is 4.26. The molecular weight excluding hydrogens is 154 g/mol. The Hall–Kier alpha value is -0.370. The molecule has 0 aliphatic carbocycles. The lowest BCUT2D eigenvalue weighted by molar-refractivity contribution is 0.417. The third-order valence-corrected chi connectivity index (χ3v) is 2.92. The highest BCUT2D eigenvalue weighted by molar-refractivity contribution is 7.09. The van der Waals surface area contributed by atoms with E-state index in [1.54, 1.807) is 11.3 Å². The number of hydrogen-bond acceptors (Lipinski definition) is 2. The fourth-order valence-electron chi connectivity index (χ4n) is 0.865. The van der Waals surface area contributed by atoms with Crippen molar-refractivity contribution in [2.45, 2.75) is 27.2 Å². The van der Waals surface area contributed by atoms with Crippen LogP contribution in [0.3, 0.4) is 0 Å². The quantitative estimate of drug-likeness (QED) is 0.678. The Balaban J connectivity index is 2.43. The average Bonchev–Trinajstić information content (AvgIpc) is 2.39. The van der Waals surface area contributed by atoms with E-state index in [9.17, 15) is 0 Å². The number of rotatable bonds is 3. The summed E-state index contributed by atoms with van der Waals surface area (Å²) in [5.74, 6) is 1.51. The van der Waals surface area contributed by atoms with E-state index in [0.29, 0.717) is 0 Å². The normalized spacial score (nSPS) is 13.8. The smallest absolute Gasteiger partial charge is 0.0927 e. The highest BCUT2D eigenvalue weighted by atomic mass is 32.1. The molecule has 1 unspecified atom stereocenters. The molecule has 0 saturated heterocycles. The third-order valence-electron chi connectivity index (χ3n) is 2.12. The van der Waals surface area contributed by atoms with Gasteiger partial charge in [0.2, 0.25) is 0 Å². The SMILES string of the molecule is CC(C)C(C)Cc1nccs1. The summed E-state index contributed by atoms with van der Waals surface area (Å²) in [6.45, 7) is 6.81. The lowest BCUT2D eigenvalue weighted by Gasteiger charge is -2.12. The highest BCUT2D eigenvalue weighted by Gasteiger charge is 2.08. The Morgan fingerprint density at radius 3 is 2.64 bits per heavy atom. The van der Waals surface area contributed by atoms with Gasteiger partial charge in [-0.05, 0) is 11.8 Å². The molecule has 0 aliphatic rings. The molecule has 1 heterocycles. The Bertz CT molecular complexity index is 191. The van der Waals surface area contributed by atoms with Gasteiger partial charge in [0.15, 0.2) is 0 Å². The molecule has 1 aromatic rings. The molecule has 0 radical (unpaired) electrons.